The Labute approximate surface area is 338 Å². The van der Waals surface area contributed by atoms with Gasteiger partial charge in [-0.2, -0.15) is 0 Å². The Bertz CT molecular complexity index is 3400. The first-order chi connectivity index (χ1) is 30.3. The van der Waals surface area contributed by atoms with Crippen molar-refractivity contribution >= 4 is 21.5 Å². The summed E-state index contributed by atoms with van der Waals surface area (Å²) in [5, 5.41) is 3.69. The molecule has 0 saturated heterocycles. The lowest BCUT2D eigenvalue weighted by molar-refractivity contribution is 0.487. The van der Waals surface area contributed by atoms with Gasteiger partial charge in [0.25, 0.3) is 0 Å². The molecule has 9 aromatic carbocycles. The van der Waals surface area contributed by atoms with Crippen LogP contribution in [0.5, 0.6) is 11.5 Å². The second kappa shape index (κ2) is 13.6. The lowest BCUT2D eigenvalue weighted by atomic mass is 9.88. The average Bonchev–Trinajstić information content (AvgIpc) is 3.33. The Morgan fingerprint density at radius 3 is 1.72 bits per heavy atom. The van der Waals surface area contributed by atoms with Gasteiger partial charge in [0.05, 0.1) is 18.2 Å². The number of aromatic nitrogens is 2. The Kier molecular flexibility index (Phi) is 6.65. The Morgan fingerprint density at radius 1 is 0.351 bits per heavy atom. The highest BCUT2D eigenvalue weighted by Crippen LogP contribution is 2.50. The summed E-state index contributed by atoms with van der Waals surface area (Å²) in [6.07, 6.45) is 0. The summed E-state index contributed by atoms with van der Waals surface area (Å²) in [6.45, 7) is 0. The van der Waals surface area contributed by atoms with Crippen molar-refractivity contribution in [2.75, 3.05) is 0 Å². The molecule has 10 aromatic rings. The molecule has 2 heterocycles. The van der Waals surface area contributed by atoms with E-state index >= 15 is 0 Å². The fourth-order valence-electron chi connectivity index (χ4n) is 8.09. The van der Waals surface area contributed by atoms with Gasteiger partial charge < -0.3 is 4.74 Å². The predicted molar refractivity (Wildman–Crippen MR) is 235 cm³/mol. The molecule has 0 saturated carbocycles. The molecule has 1 aliphatic heterocycles. The van der Waals surface area contributed by atoms with Crippen molar-refractivity contribution in [3.05, 3.63) is 206 Å². The zero-order chi connectivity index (χ0) is 42.1. The van der Waals surface area contributed by atoms with Crippen LogP contribution in [0.15, 0.2) is 206 Å². The van der Waals surface area contributed by atoms with Crippen LogP contribution in [0.2, 0.25) is 0 Å². The van der Waals surface area contributed by atoms with Gasteiger partial charge in [-0.25, -0.2) is 9.97 Å². The third kappa shape index (κ3) is 5.76. The Balaban J connectivity index is 1.03. The molecule has 57 heavy (non-hydrogen) atoms. The Hall–Kier alpha value is -7.62. The first-order valence-corrected chi connectivity index (χ1v) is 18.9. The highest BCUT2D eigenvalue weighted by molar-refractivity contribution is 6.11. The standard InChI is InChI=1S/C54H34N2O/c1-4-13-35(14-5-1)36-23-25-38(26-24-36)49-34-50(56-54(55-49)39-17-8-3-9-18-39)45-29-28-42(43-19-10-11-20-44(43)45)40-27-31-51-48(33-40)47-22-12-21-46-41(37-15-6-2-7-16-37)30-32-52(57-51)53(46)47/h1-34H/i2D,6D,7D,15D,16D. The molecule has 0 spiro atoms. The van der Waals surface area contributed by atoms with Crippen molar-refractivity contribution in [2.45, 2.75) is 0 Å². The molecular formula is C54H34N2O. The van der Waals surface area contributed by atoms with Gasteiger partial charge in [-0.05, 0) is 79.4 Å². The van der Waals surface area contributed by atoms with Gasteiger partial charge in [0.2, 0.25) is 0 Å². The first kappa shape index (κ1) is 27.9. The molecule has 0 unspecified atom stereocenters. The van der Waals surface area contributed by atoms with Gasteiger partial charge in [-0.15, -0.1) is 0 Å². The van der Waals surface area contributed by atoms with Crippen LogP contribution in [0.1, 0.15) is 6.85 Å². The minimum atomic E-state index is -0.416. The first-order valence-electron chi connectivity index (χ1n) is 21.4. The van der Waals surface area contributed by atoms with Crippen LogP contribution in [0.25, 0.3) is 100.0 Å². The molecule has 0 bridgehead atoms. The smallest absolute Gasteiger partial charge is 0.160 e. The molecule has 0 aliphatic carbocycles. The fraction of sp³-hybridized carbons (Fsp3) is 0. The highest BCUT2D eigenvalue weighted by atomic mass is 16.5. The molecular weight excluding hydrogens is 693 g/mol. The number of rotatable bonds is 6. The highest BCUT2D eigenvalue weighted by Gasteiger charge is 2.23. The van der Waals surface area contributed by atoms with E-state index in [1.165, 1.54) is 0 Å². The number of nitrogens with zero attached hydrogens (tertiary/aromatic N) is 2. The van der Waals surface area contributed by atoms with Crippen molar-refractivity contribution in [1.29, 1.82) is 0 Å². The molecule has 3 nitrogen and oxygen atoms in total. The van der Waals surface area contributed by atoms with Crippen LogP contribution in [0.3, 0.4) is 0 Å². The van der Waals surface area contributed by atoms with E-state index in [0.29, 0.717) is 22.9 Å². The second-order valence-electron chi connectivity index (χ2n) is 14.1. The zero-order valence-electron chi connectivity index (χ0n) is 35.5. The monoisotopic (exact) mass is 731 g/mol. The maximum atomic E-state index is 8.71. The molecule has 0 atom stereocenters. The lowest BCUT2D eigenvalue weighted by Gasteiger charge is -2.23. The summed E-state index contributed by atoms with van der Waals surface area (Å²) in [7, 11) is 0. The van der Waals surface area contributed by atoms with Crippen LogP contribution >= 0.6 is 0 Å². The van der Waals surface area contributed by atoms with Gasteiger partial charge in [-0.3, -0.25) is 0 Å². The van der Waals surface area contributed by atoms with Crippen LogP contribution in [0, 0.1) is 0 Å². The lowest BCUT2D eigenvalue weighted by Crippen LogP contribution is -1.99. The maximum Gasteiger partial charge on any atom is 0.160 e. The van der Waals surface area contributed by atoms with E-state index in [2.05, 4.69) is 109 Å². The van der Waals surface area contributed by atoms with Crippen molar-refractivity contribution in [2.24, 2.45) is 0 Å². The van der Waals surface area contributed by atoms with E-state index in [0.717, 1.165) is 83.0 Å². The maximum absolute atomic E-state index is 8.71. The van der Waals surface area contributed by atoms with Gasteiger partial charge in [-0.1, -0.05) is 182 Å². The van der Waals surface area contributed by atoms with Crippen molar-refractivity contribution < 1.29 is 11.6 Å². The molecule has 3 heteroatoms. The quantitative estimate of drug-likeness (QED) is 0.171. The minimum Gasteiger partial charge on any atom is -0.456 e. The van der Waals surface area contributed by atoms with Crippen LogP contribution in [-0.2, 0) is 0 Å². The van der Waals surface area contributed by atoms with E-state index in [4.69, 9.17) is 21.6 Å². The molecule has 1 aromatic heterocycles. The van der Waals surface area contributed by atoms with Crippen molar-refractivity contribution in [3.8, 4) is 89.9 Å². The predicted octanol–water partition coefficient (Wildman–Crippen LogP) is 14.6. The van der Waals surface area contributed by atoms with Crippen molar-refractivity contribution in [1.82, 2.24) is 9.97 Å². The normalized spacial score (nSPS) is 12.9. The summed E-state index contributed by atoms with van der Waals surface area (Å²) >= 11 is 0. The third-order valence-corrected chi connectivity index (χ3v) is 10.8. The molecule has 0 radical (unpaired) electrons. The number of ether oxygens (including phenoxy) is 1. The summed E-state index contributed by atoms with van der Waals surface area (Å²) in [5.74, 6) is 2.01. The largest absolute Gasteiger partial charge is 0.456 e. The summed E-state index contributed by atoms with van der Waals surface area (Å²) < 4.78 is 48.8. The summed E-state index contributed by atoms with van der Waals surface area (Å²) in [4.78, 5) is 10.3. The third-order valence-electron chi connectivity index (χ3n) is 10.8. The van der Waals surface area contributed by atoms with E-state index in [9.17, 15) is 0 Å². The van der Waals surface area contributed by atoms with E-state index in [1.54, 1.807) is 6.07 Å². The number of fused-ring (bicyclic) bond motifs is 3. The van der Waals surface area contributed by atoms with Gasteiger partial charge in [0, 0.05) is 27.6 Å². The average molecular weight is 732 g/mol. The molecule has 0 N–H and O–H groups in total. The molecule has 11 rings (SSSR count). The number of hydrogen-bond acceptors (Lipinski definition) is 3. The number of benzene rings is 9. The minimum absolute atomic E-state index is 0.165. The van der Waals surface area contributed by atoms with E-state index in [-0.39, 0.29) is 29.7 Å². The molecule has 1 aliphatic rings. The van der Waals surface area contributed by atoms with Gasteiger partial charge in [0.15, 0.2) is 5.82 Å². The Morgan fingerprint density at radius 2 is 0.930 bits per heavy atom. The summed E-state index contributed by atoms with van der Waals surface area (Å²) in [5.41, 5.74) is 11.5. The van der Waals surface area contributed by atoms with E-state index < -0.39 is 6.04 Å². The molecule has 0 fully saturated rings. The summed E-state index contributed by atoms with van der Waals surface area (Å²) in [6, 6.07) is 57.9. The van der Waals surface area contributed by atoms with Gasteiger partial charge in [0.1, 0.15) is 11.5 Å². The van der Waals surface area contributed by atoms with Crippen LogP contribution in [-0.4, -0.2) is 9.97 Å². The topological polar surface area (TPSA) is 35.0 Å². The SMILES string of the molecule is [2H]c1c([2H])c([2H])c(-c2ccc3c4c(cccc24)-c2cc(-c4ccc(-c5cc(-c6ccc(-c7ccccc7)cc6)nc(-c6ccccc6)n5)c5ccccc45)ccc2O3)c([2H])c1[2H]. The fourth-order valence-corrected chi connectivity index (χ4v) is 8.09. The van der Waals surface area contributed by atoms with Gasteiger partial charge >= 0.3 is 0 Å². The zero-order valence-corrected chi connectivity index (χ0v) is 30.5. The van der Waals surface area contributed by atoms with Crippen molar-refractivity contribution in [3.63, 3.8) is 0 Å². The van der Waals surface area contributed by atoms with Crippen LogP contribution < -0.4 is 4.74 Å². The van der Waals surface area contributed by atoms with Crippen LogP contribution in [0.4, 0.5) is 0 Å². The van der Waals surface area contributed by atoms with E-state index in [1.807, 2.05) is 60.7 Å². The molecule has 266 valence electrons. The second-order valence-corrected chi connectivity index (χ2v) is 14.1. The molecule has 0 amide bonds. The number of hydrogen-bond donors (Lipinski definition) is 0.